The molecule has 9 nitrogen and oxygen atoms in total. The molecule has 1 amide bonds. The predicted molar refractivity (Wildman–Crippen MR) is 119 cm³/mol. The molecule has 3 aromatic rings. The Morgan fingerprint density at radius 1 is 1.28 bits per heavy atom. The Hall–Kier alpha value is -3.43. The summed E-state index contributed by atoms with van der Waals surface area (Å²) in [7, 11) is 1.75. The minimum atomic E-state index is -0.847. The second kappa shape index (κ2) is 7.92. The molecule has 0 spiro atoms. The highest BCUT2D eigenvalue weighted by molar-refractivity contribution is 6.00. The number of nitrogens with zero attached hydrogens (tertiary/aromatic N) is 4. The zero-order valence-corrected chi connectivity index (χ0v) is 18.0. The number of alkyl halides is 1. The molecular formula is C22H26FN7O2. The lowest BCUT2D eigenvalue weighted by atomic mass is 9.81. The molecule has 0 aromatic carbocycles. The fourth-order valence-corrected chi connectivity index (χ4v) is 4.27. The van der Waals surface area contributed by atoms with Gasteiger partial charge in [0.05, 0.1) is 6.20 Å². The third-order valence-corrected chi connectivity index (χ3v) is 6.60. The van der Waals surface area contributed by atoms with Crippen LogP contribution in [-0.4, -0.2) is 44.3 Å². The van der Waals surface area contributed by atoms with Crippen molar-refractivity contribution >= 4 is 28.9 Å². The van der Waals surface area contributed by atoms with Gasteiger partial charge in [-0.25, -0.2) is 9.37 Å². The van der Waals surface area contributed by atoms with E-state index in [2.05, 4.69) is 33.0 Å². The van der Waals surface area contributed by atoms with E-state index in [9.17, 15) is 14.0 Å². The molecule has 10 heteroatoms. The van der Waals surface area contributed by atoms with Gasteiger partial charge in [0.2, 0.25) is 0 Å². The topological polar surface area (TPSA) is 105 Å². The molecule has 3 N–H and O–H groups in total. The number of anilines is 3. The maximum atomic E-state index is 13.3. The standard InChI is InChI=1S/C22H26FN7O2/c1-12-5-6-16(12)27-21(31)15-11-25-30-19(24-2)10-18(28-20(15)30)26-17-4-3-7-29(22(17)32)14-8-13(23)9-14/h3-4,7,10-14,16,24H,5-6,8-9H2,1-2H3,(H,26,28)(H,27,31)/t12-,13-,14-,16+/m1/s1. The van der Waals surface area contributed by atoms with Crippen molar-refractivity contribution in [3.05, 3.63) is 46.5 Å². The number of nitrogens with one attached hydrogen (secondary N) is 3. The number of pyridine rings is 1. The minimum absolute atomic E-state index is 0.124. The van der Waals surface area contributed by atoms with Gasteiger partial charge >= 0.3 is 0 Å². The molecule has 2 aliphatic rings. The predicted octanol–water partition coefficient (Wildman–Crippen LogP) is 2.88. The number of halogens is 1. The summed E-state index contributed by atoms with van der Waals surface area (Å²) in [5.41, 5.74) is 0.863. The molecule has 0 bridgehead atoms. The Labute approximate surface area is 184 Å². The van der Waals surface area contributed by atoms with Crippen molar-refractivity contribution in [2.45, 2.75) is 50.9 Å². The lowest BCUT2D eigenvalue weighted by molar-refractivity contribution is 0.0886. The van der Waals surface area contributed by atoms with Crippen LogP contribution >= 0.6 is 0 Å². The van der Waals surface area contributed by atoms with Crippen LogP contribution < -0.4 is 21.5 Å². The molecule has 2 atom stereocenters. The van der Waals surface area contributed by atoms with E-state index in [1.54, 1.807) is 40.5 Å². The van der Waals surface area contributed by atoms with Crippen LogP contribution in [-0.2, 0) is 0 Å². The van der Waals surface area contributed by atoms with E-state index >= 15 is 0 Å². The first-order valence-electron chi connectivity index (χ1n) is 10.9. The molecular weight excluding hydrogens is 413 g/mol. The van der Waals surface area contributed by atoms with Crippen molar-refractivity contribution in [1.29, 1.82) is 0 Å². The number of hydrogen-bond donors (Lipinski definition) is 3. The van der Waals surface area contributed by atoms with Gasteiger partial charge in [0.1, 0.15) is 29.1 Å². The highest BCUT2D eigenvalue weighted by Crippen LogP contribution is 2.33. The van der Waals surface area contributed by atoms with Gasteiger partial charge < -0.3 is 20.5 Å². The summed E-state index contributed by atoms with van der Waals surface area (Å²) in [6.07, 6.45) is 5.12. The lowest BCUT2D eigenvalue weighted by Crippen LogP contribution is -2.45. The van der Waals surface area contributed by atoms with E-state index in [1.165, 1.54) is 6.20 Å². The summed E-state index contributed by atoms with van der Waals surface area (Å²) >= 11 is 0. The molecule has 3 heterocycles. The Morgan fingerprint density at radius 3 is 2.75 bits per heavy atom. The first-order valence-corrected chi connectivity index (χ1v) is 10.9. The fourth-order valence-electron chi connectivity index (χ4n) is 4.27. The van der Waals surface area contributed by atoms with E-state index < -0.39 is 6.17 Å². The van der Waals surface area contributed by atoms with Crippen molar-refractivity contribution in [2.75, 3.05) is 17.7 Å². The van der Waals surface area contributed by atoms with Crippen molar-refractivity contribution in [2.24, 2.45) is 5.92 Å². The molecule has 0 aliphatic heterocycles. The van der Waals surface area contributed by atoms with Gasteiger partial charge in [0, 0.05) is 31.4 Å². The number of fused-ring (bicyclic) bond motifs is 1. The van der Waals surface area contributed by atoms with E-state index in [4.69, 9.17) is 0 Å². The van der Waals surface area contributed by atoms with E-state index in [-0.39, 0.29) is 23.6 Å². The van der Waals surface area contributed by atoms with Crippen LogP contribution in [0.4, 0.5) is 21.7 Å². The summed E-state index contributed by atoms with van der Waals surface area (Å²) in [4.78, 5) is 30.3. The molecule has 0 unspecified atom stereocenters. The van der Waals surface area contributed by atoms with Crippen LogP contribution in [0.25, 0.3) is 5.65 Å². The maximum absolute atomic E-state index is 13.3. The van der Waals surface area contributed by atoms with Gasteiger partial charge in [-0.15, -0.1) is 0 Å². The molecule has 2 saturated carbocycles. The molecule has 2 aliphatic carbocycles. The molecule has 168 valence electrons. The average molecular weight is 439 g/mol. The number of aromatic nitrogens is 4. The normalized spacial score (nSPS) is 24.5. The molecule has 0 saturated heterocycles. The summed E-state index contributed by atoms with van der Waals surface area (Å²) in [5, 5.41) is 13.5. The monoisotopic (exact) mass is 439 g/mol. The third kappa shape index (κ3) is 3.49. The van der Waals surface area contributed by atoms with Gasteiger partial charge in [0.15, 0.2) is 5.65 Å². The summed E-state index contributed by atoms with van der Waals surface area (Å²) in [6, 6.07) is 5.18. The Kier molecular flexibility index (Phi) is 5.07. The fraction of sp³-hybridized carbons (Fsp3) is 0.455. The number of hydrogen-bond acceptors (Lipinski definition) is 6. The summed E-state index contributed by atoms with van der Waals surface area (Å²) < 4.78 is 16.4. The van der Waals surface area contributed by atoms with E-state index in [1.807, 2.05) is 0 Å². The average Bonchev–Trinajstić information content (AvgIpc) is 3.19. The molecule has 3 aromatic heterocycles. The number of rotatable bonds is 6. The van der Waals surface area contributed by atoms with Crippen molar-refractivity contribution in [3.63, 3.8) is 0 Å². The minimum Gasteiger partial charge on any atom is -0.373 e. The van der Waals surface area contributed by atoms with Crippen LogP contribution in [0.5, 0.6) is 0 Å². The second-order valence-electron chi connectivity index (χ2n) is 8.69. The lowest BCUT2D eigenvalue weighted by Gasteiger charge is -2.34. The summed E-state index contributed by atoms with van der Waals surface area (Å²) in [6.45, 7) is 2.12. The second-order valence-corrected chi connectivity index (χ2v) is 8.69. The van der Waals surface area contributed by atoms with Crippen LogP contribution in [0.1, 0.15) is 49.0 Å². The number of amides is 1. The molecule has 32 heavy (non-hydrogen) atoms. The first kappa shape index (κ1) is 20.5. The van der Waals surface area contributed by atoms with Gasteiger partial charge in [-0.3, -0.25) is 9.59 Å². The SMILES string of the molecule is CNc1cc(Nc2cccn([C@H]3C[C@H](F)C3)c2=O)nc2c(C(=O)N[C@H]3CC[C@H]3C)cnn12. The van der Waals surface area contributed by atoms with Gasteiger partial charge in [0.25, 0.3) is 11.5 Å². The van der Waals surface area contributed by atoms with E-state index in [0.717, 1.165) is 12.8 Å². The maximum Gasteiger partial charge on any atom is 0.274 e. The highest BCUT2D eigenvalue weighted by Gasteiger charge is 2.31. The first-order chi connectivity index (χ1) is 15.4. The zero-order valence-electron chi connectivity index (χ0n) is 18.0. The smallest absolute Gasteiger partial charge is 0.274 e. The highest BCUT2D eigenvalue weighted by atomic mass is 19.1. The molecule has 2 fully saturated rings. The zero-order chi connectivity index (χ0) is 22.4. The van der Waals surface area contributed by atoms with Crippen molar-refractivity contribution in [1.82, 2.24) is 24.5 Å². The Morgan fingerprint density at radius 2 is 2.09 bits per heavy atom. The third-order valence-electron chi connectivity index (χ3n) is 6.60. The Balaban J connectivity index is 1.46. The molecule has 5 rings (SSSR count). The largest absolute Gasteiger partial charge is 0.373 e. The number of carbonyl (C=O) groups is 1. The van der Waals surface area contributed by atoms with Crippen molar-refractivity contribution in [3.8, 4) is 0 Å². The van der Waals surface area contributed by atoms with Gasteiger partial charge in [-0.05, 0) is 43.7 Å². The van der Waals surface area contributed by atoms with Gasteiger partial charge in [-0.1, -0.05) is 6.92 Å². The molecule has 0 radical (unpaired) electrons. The van der Waals surface area contributed by atoms with Crippen LogP contribution in [0.15, 0.2) is 35.4 Å². The van der Waals surface area contributed by atoms with Crippen molar-refractivity contribution < 1.29 is 9.18 Å². The summed E-state index contributed by atoms with van der Waals surface area (Å²) in [5.74, 6) is 1.27. The van der Waals surface area contributed by atoms with Crippen LogP contribution in [0.3, 0.4) is 0 Å². The quantitative estimate of drug-likeness (QED) is 0.546. The number of carbonyl (C=O) groups excluding carboxylic acids is 1. The van der Waals surface area contributed by atoms with Gasteiger partial charge in [-0.2, -0.15) is 9.61 Å². The Bertz CT molecular complexity index is 1230. The van der Waals surface area contributed by atoms with E-state index in [0.29, 0.717) is 47.3 Å². The van der Waals surface area contributed by atoms with Crippen LogP contribution in [0.2, 0.25) is 0 Å². The van der Waals surface area contributed by atoms with Crippen LogP contribution in [0, 0.1) is 5.92 Å².